The Kier molecular flexibility index (Phi) is 4.06. The zero-order chi connectivity index (χ0) is 13.0. The first-order chi connectivity index (χ1) is 8.59. The van der Waals surface area contributed by atoms with E-state index in [0.29, 0.717) is 23.7 Å². The number of carbonyl (C=O) groups is 1. The molecule has 0 radical (unpaired) electrons. The summed E-state index contributed by atoms with van der Waals surface area (Å²) in [6.45, 7) is 0.924. The third kappa shape index (κ3) is 3.35. The van der Waals surface area contributed by atoms with Crippen LogP contribution < -0.4 is 10.6 Å². The van der Waals surface area contributed by atoms with Crippen molar-refractivity contribution in [2.75, 3.05) is 25.1 Å². The molecule has 1 aliphatic rings. The first-order valence-electron chi connectivity index (χ1n) is 5.69. The minimum atomic E-state index is -0.960. The van der Waals surface area contributed by atoms with Crippen LogP contribution in [0.15, 0.2) is 24.3 Å². The molecule has 6 heteroatoms. The molecule has 18 heavy (non-hydrogen) atoms. The average Bonchev–Trinajstić information content (AvgIpc) is 2.77. The van der Waals surface area contributed by atoms with Gasteiger partial charge in [0.05, 0.1) is 23.9 Å². The van der Waals surface area contributed by atoms with Gasteiger partial charge in [-0.05, 0) is 12.1 Å². The van der Waals surface area contributed by atoms with Crippen LogP contribution in [0.4, 0.5) is 10.5 Å². The fourth-order valence-corrected chi connectivity index (χ4v) is 1.89. The number of carbonyl (C=O) groups excluding carboxylic acids is 1. The van der Waals surface area contributed by atoms with Crippen LogP contribution in [0.5, 0.6) is 0 Å². The zero-order valence-corrected chi connectivity index (χ0v) is 10.5. The number of hydrogen-bond acceptors (Lipinski definition) is 3. The summed E-state index contributed by atoms with van der Waals surface area (Å²) in [6, 6.07) is 6.55. The first kappa shape index (κ1) is 13.1. The Morgan fingerprint density at radius 1 is 1.50 bits per heavy atom. The van der Waals surface area contributed by atoms with E-state index in [0.717, 1.165) is 0 Å². The molecule has 1 aromatic rings. The van der Waals surface area contributed by atoms with E-state index in [1.54, 1.807) is 24.3 Å². The van der Waals surface area contributed by atoms with Gasteiger partial charge >= 0.3 is 6.03 Å². The molecule has 1 atom stereocenters. The third-order valence-corrected chi connectivity index (χ3v) is 3.11. The molecular weight excluding hydrogens is 256 g/mol. The van der Waals surface area contributed by atoms with Gasteiger partial charge in [0.1, 0.15) is 5.60 Å². The highest BCUT2D eigenvalue weighted by molar-refractivity contribution is 6.33. The Morgan fingerprint density at radius 3 is 2.94 bits per heavy atom. The largest absolute Gasteiger partial charge is 0.386 e. The molecule has 1 aliphatic heterocycles. The van der Waals surface area contributed by atoms with E-state index in [1.165, 1.54) is 0 Å². The van der Waals surface area contributed by atoms with Crippen LogP contribution in [0.2, 0.25) is 5.02 Å². The number of anilines is 1. The second-order valence-electron chi connectivity index (χ2n) is 4.31. The monoisotopic (exact) mass is 270 g/mol. The van der Waals surface area contributed by atoms with Crippen molar-refractivity contribution in [2.24, 2.45) is 0 Å². The highest BCUT2D eigenvalue weighted by Gasteiger charge is 2.32. The molecule has 0 aliphatic carbocycles. The second kappa shape index (κ2) is 5.56. The third-order valence-electron chi connectivity index (χ3n) is 2.78. The minimum absolute atomic E-state index is 0.156. The van der Waals surface area contributed by atoms with Crippen molar-refractivity contribution in [3.63, 3.8) is 0 Å². The molecule has 3 N–H and O–H groups in total. The Balaban J connectivity index is 1.84. The van der Waals surface area contributed by atoms with E-state index in [9.17, 15) is 9.90 Å². The summed E-state index contributed by atoms with van der Waals surface area (Å²) in [5, 5.41) is 15.7. The maximum Gasteiger partial charge on any atom is 0.319 e. The van der Waals surface area contributed by atoms with E-state index in [2.05, 4.69) is 10.6 Å². The lowest BCUT2D eigenvalue weighted by Gasteiger charge is -2.20. The van der Waals surface area contributed by atoms with Gasteiger partial charge in [0.15, 0.2) is 0 Å². The quantitative estimate of drug-likeness (QED) is 0.782. The lowest BCUT2D eigenvalue weighted by Crippen LogP contribution is -2.44. The molecule has 1 saturated heterocycles. The van der Waals surface area contributed by atoms with Gasteiger partial charge in [0, 0.05) is 13.0 Å². The Bertz CT molecular complexity index is 433. The molecular formula is C12H15ClN2O3. The number of nitrogens with one attached hydrogen (secondary N) is 2. The highest BCUT2D eigenvalue weighted by atomic mass is 35.5. The van der Waals surface area contributed by atoms with Crippen molar-refractivity contribution in [3.05, 3.63) is 29.3 Å². The fraction of sp³-hybridized carbons (Fsp3) is 0.417. The summed E-state index contributed by atoms with van der Waals surface area (Å²) in [6.07, 6.45) is 0.527. The van der Waals surface area contributed by atoms with Gasteiger partial charge in [-0.15, -0.1) is 0 Å². The standard InChI is InChI=1S/C12H15ClN2O3/c13-9-3-1-2-4-10(9)15-11(16)14-7-12(17)5-6-18-8-12/h1-4,17H,5-8H2,(H2,14,15,16)/t12-/m0/s1. The molecule has 1 aromatic carbocycles. The topological polar surface area (TPSA) is 70.6 Å². The second-order valence-corrected chi connectivity index (χ2v) is 4.72. The van der Waals surface area contributed by atoms with Crippen LogP contribution in [0.1, 0.15) is 6.42 Å². The number of amides is 2. The van der Waals surface area contributed by atoms with Crippen LogP contribution in [0.3, 0.4) is 0 Å². The number of aliphatic hydroxyl groups is 1. The molecule has 98 valence electrons. The predicted molar refractivity (Wildman–Crippen MR) is 68.9 cm³/mol. The molecule has 0 saturated carbocycles. The summed E-state index contributed by atoms with van der Waals surface area (Å²) in [7, 11) is 0. The summed E-state index contributed by atoms with van der Waals surface area (Å²) in [5.74, 6) is 0. The lowest BCUT2D eigenvalue weighted by atomic mass is 10.0. The van der Waals surface area contributed by atoms with Crippen LogP contribution in [-0.2, 0) is 4.74 Å². The number of para-hydroxylation sites is 1. The number of rotatable bonds is 3. The average molecular weight is 271 g/mol. The Hall–Kier alpha value is -1.30. The number of urea groups is 1. The van der Waals surface area contributed by atoms with Crippen molar-refractivity contribution < 1.29 is 14.6 Å². The highest BCUT2D eigenvalue weighted by Crippen LogP contribution is 2.20. The van der Waals surface area contributed by atoms with Crippen LogP contribution >= 0.6 is 11.6 Å². The summed E-state index contributed by atoms with van der Waals surface area (Å²) < 4.78 is 5.09. The van der Waals surface area contributed by atoms with Crippen LogP contribution in [-0.4, -0.2) is 36.5 Å². The molecule has 0 unspecified atom stereocenters. The molecule has 1 heterocycles. The number of ether oxygens (including phenoxy) is 1. The lowest BCUT2D eigenvalue weighted by molar-refractivity contribution is 0.0295. The first-order valence-corrected chi connectivity index (χ1v) is 6.06. The van der Waals surface area contributed by atoms with Crippen molar-refractivity contribution in [1.29, 1.82) is 0 Å². The molecule has 1 fully saturated rings. The van der Waals surface area contributed by atoms with Gasteiger partial charge < -0.3 is 20.5 Å². The zero-order valence-electron chi connectivity index (χ0n) is 9.78. The summed E-state index contributed by atoms with van der Waals surface area (Å²) in [5.41, 5.74) is -0.427. The minimum Gasteiger partial charge on any atom is -0.386 e. The van der Waals surface area contributed by atoms with Crippen molar-refractivity contribution >= 4 is 23.3 Å². The Morgan fingerprint density at radius 2 is 2.28 bits per heavy atom. The Labute approximate surface area is 110 Å². The molecule has 5 nitrogen and oxygen atoms in total. The molecule has 0 spiro atoms. The van der Waals surface area contributed by atoms with E-state index in [1.807, 2.05) is 0 Å². The van der Waals surface area contributed by atoms with Gasteiger partial charge in [-0.1, -0.05) is 23.7 Å². The normalized spacial score (nSPS) is 22.8. The number of hydrogen-bond donors (Lipinski definition) is 3. The molecule has 0 aromatic heterocycles. The molecule has 2 amide bonds. The van der Waals surface area contributed by atoms with Gasteiger partial charge in [-0.25, -0.2) is 4.79 Å². The maximum atomic E-state index is 11.6. The van der Waals surface area contributed by atoms with E-state index >= 15 is 0 Å². The van der Waals surface area contributed by atoms with E-state index < -0.39 is 11.6 Å². The summed E-state index contributed by atoms with van der Waals surface area (Å²) >= 11 is 5.91. The SMILES string of the molecule is O=C(NC[C@@]1(O)CCOC1)Nc1ccccc1Cl. The van der Waals surface area contributed by atoms with Gasteiger partial charge in [0.25, 0.3) is 0 Å². The van der Waals surface area contributed by atoms with E-state index in [4.69, 9.17) is 16.3 Å². The smallest absolute Gasteiger partial charge is 0.319 e. The van der Waals surface area contributed by atoms with Crippen molar-refractivity contribution in [3.8, 4) is 0 Å². The predicted octanol–water partition coefficient (Wildman–Crippen LogP) is 1.61. The van der Waals surface area contributed by atoms with Gasteiger partial charge in [-0.2, -0.15) is 0 Å². The fourth-order valence-electron chi connectivity index (χ4n) is 1.71. The summed E-state index contributed by atoms with van der Waals surface area (Å²) in [4.78, 5) is 11.6. The van der Waals surface area contributed by atoms with Gasteiger partial charge in [0.2, 0.25) is 0 Å². The van der Waals surface area contributed by atoms with Crippen molar-refractivity contribution in [2.45, 2.75) is 12.0 Å². The number of halogens is 1. The van der Waals surface area contributed by atoms with Crippen LogP contribution in [0.25, 0.3) is 0 Å². The molecule has 0 bridgehead atoms. The van der Waals surface area contributed by atoms with Crippen molar-refractivity contribution in [1.82, 2.24) is 5.32 Å². The number of benzene rings is 1. The van der Waals surface area contributed by atoms with Gasteiger partial charge in [-0.3, -0.25) is 0 Å². The molecule has 2 rings (SSSR count). The maximum absolute atomic E-state index is 11.6. The van der Waals surface area contributed by atoms with Crippen LogP contribution in [0, 0.1) is 0 Å². The van der Waals surface area contributed by atoms with E-state index in [-0.39, 0.29) is 13.2 Å².